The lowest BCUT2D eigenvalue weighted by atomic mass is 10.1. The Balaban J connectivity index is 1.80. The van der Waals surface area contributed by atoms with E-state index in [1.54, 1.807) is 31.4 Å². The molecule has 0 spiro atoms. The smallest absolute Gasteiger partial charge is 0.240 e. The molecule has 2 aromatic carbocycles. The number of benzene rings is 2. The summed E-state index contributed by atoms with van der Waals surface area (Å²) in [6, 6.07) is 14.2. The first-order valence-corrected chi connectivity index (χ1v) is 10.4. The Morgan fingerprint density at radius 2 is 1.63 bits per heavy atom. The topological polar surface area (TPSA) is 84.5 Å². The molecule has 146 valence electrons. The number of ether oxygens (including phenoxy) is 1. The number of rotatable bonds is 10. The van der Waals surface area contributed by atoms with E-state index in [4.69, 9.17) is 4.74 Å². The fraction of sp³-hybridized carbons (Fsp3) is 0.350. The third kappa shape index (κ3) is 6.69. The molecular weight excluding hydrogens is 364 g/mol. The summed E-state index contributed by atoms with van der Waals surface area (Å²) in [5, 5.41) is 2.88. The Hall–Kier alpha value is -2.38. The van der Waals surface area contributed by atoms with Gasteiger partial charge in [-0.3, -0.25) is 4.79 Å². The third-order valence-corrected chi connectivity index (χ3v) is 5.54. The molecule has 2 aromatic rings. The van der Waals surface area contributed by atoms with Gasteiger partial charge >= 0.3 is 0 Å². The molecule has 2 rings (SSSR count). The van der Waals surface area contributed by atoms with Crippen molar-refractivity contribution in [1.29, 1.82) is 0 Å². The molecule has 6 nitrogen and oxygen atoms in total. The zero-order chi connectivity index (χ0) is 19.7. The second kappa shape index (κ2) is 10.1. The number of nitrogens with one attached hydrogen (secondary N) is 2. The van der Waals surface area contributed by atoms with Gasteiger partial charge in [0.15, 0.2) is 0 Å². The van der Waals surface area contributed by atoms with Crippen LogP contribution in [0.1, 0.15) is 30.9 Å². The molecule has 0 aliphatic rings. The van der Waals surface area contributed by atoms with Crippen LogP contribution in [0.2, 0.25) is 0 Å². The summed E-state index contributed by atoms with van der Waals surface area (Å²) in [6.07, 6.45) is 1.64. The van der Waals surface area contributed by atoms with Crippen molar-refractivity contribution in [2.75, 3.05) is 13.7 Å². The summed E-state index contributed by atoms with van der Waals surface area (Å²) in [6.45, 7) is 2.78. The molecule has 2 N–H and O–H groups in total. The molecule has 0 bridgehead atoms. The molecule has 0 saturated carbocycles. The minimum Gasteiger partial charge on any atom is -0.497 e. The van der Waals surface area contributed by atoms with E-state index in [-0.39, 0.29) is 10.8 Å². The zero-order valence-electron chi connectivity index (χ0n) is 15.7. The van der Waals surface area contributed by atoms with Gasteiger partial charge < -0.3 is 10.1 Å². The molecule has 0 atom stereocenters. The van der Waals surface area contributed by atoms with Gasteiger partial charge in [-0.25, -0.2) is 13.1 Å². The molecule has 0 radical (unpaired) electrons. The average Bonchev–Trinajstić information content (AvgIpc) is 2.70. The average molecular weight is 391 g/mol. The fourth-order valence-corrected chi connectivity index (χ4v) is 3.58. The Labute approximate surface area is 161 Å². The molecule has 0 fully saturated rings. The predicted octanol–water partition coefficient (Wildman–Crippen LogP) is 2.63. The molecule has 1 amide bonds. The van der Waals surface area contributed by atoms with E-state index < -0.39 is 10.0 Å². The van der Waals surface area contributed by atoms with Gasteiger partial charge in [0, 0.05) is 19.5 Å². The standard InChI is InChI=1S/C20H26N2O4S/c1-3-14-22-27(24,25)19-11-6-16(7-12-19)8-13-20(23)21-15-17-4-9-18(26-2)10-5-17/h4-7,9-12,22H,3,8,13-15H2,1-2H3,(H,21,23). The number of aryl methyl sites for hydroxylation is 1. The van der Waals surface area contributed by atoms with E-state index in [0.29, 0.717) is 25.9 Å². The first-order chi connectivity index (χ1) is 12.9. The van der Waals surface area contributed by atoms with Crippen LogP contribution in [0.3, 0.4) is 0 Å². The van der Waals surface area contributed by atoms with Crippen LogP contribution in [0, 0.1) is 0 Å². The summed E-state index contributed by atoms with van der Waals surface area (Å²) in [5.41, 5.74) is 1.92. The Kier molecular flexibility index (Phi) is 7.82. The van der Waals surface area contributed by atoms with Crippen molar-refractivity contribution >= 4 is 15.9 Å². The van der Waals surface area contributed by atoms with Gasteiger partial charge in [0.1, 0.15) is 5.75 Å². The van der Waals surface area contributed by atoms with Crippen molar-refractivity contribution < 1.29 is 17.9 Å². The number of hydrogen-bond donors (Lipinski definition) is 2. The molecule has 0 aliphatic carbocycles. The van der Waals surface area contributed by atoms with E-state index in [0.717, 1.165) is 23.3 Å². The van der Waals surface area contributed by atoms with Crippen LogP contribution >= 0.6 is 0 Å². The summed E-state index contributed by atoms with van der Waals surface area (Å²) < 4.78 is 31.7. The highest BCUT2D eigenvalue weighted by Gasteiger charge is 2.12. The van der Waals surface area contributed by atoms with Gasteiger partial charge in [-0.15, -0.1) is 0 Å². The molecule has 7 heteroatoms. The predicted molar refractivity (Wildman–Crippen MR) is 105 cm³/mol. The summed E-state index contributed by atoms with van der Waals surface area (Å²) in [5.74, 6) is 0.729. The van der Waals surface area contributed by atoms with Gasteiger partial charge in [-0.05, 0) is 48.2 Å². The zero-order valence-corrected chi connectivity index (χ0v) is 16.5. The van der Waals surface area contributed by atoms with Crippen molar-refractivity contribution in [2.24, 2.45) is 0 Å². The highest BCUT2D eigenvalue weighted by molar-refractivity contribution is 7.89. The lowest BCUT2D eigenvalue weighted by Gasteiger charge is -2.08. The van der Waals surface area contributed by atoms with Crippen LogP contribution in [-0.4, -0.2) is 28.0 Å². The second-order valence-corrected chi connectivity index (χ2v) is 7.93. The Morgan fingerprint density at radius 1 is 1.00 bits per heavy atom. The summed E-state index contributed by atoms with van der Waals surface area (Å²) in [4.78, 5) is 12.3. The van der Waals surface area contributed by atoms with E-state index >= 15 is 0 Å². The molecule has 0 heterocycles. The number of amides is 1. The first-order valence-electron chi connectivity index (χ1n) is 8.93. The maximum absolute atomic E-state index is 12.0. The van der Waals surface area contributed by atoms with Crippen molar-refractivity contribution in [3.63, 3.8) is 0 Å². The van der Waals surface area contributed by atoms with Gasteiger partial charge in [0.25, 0.3) is 0 Å². The SMILES string of the molecule is CCCNS(=O)(=O)c1ccc(CCC(=O)NCc2ccc(OC)cc2)cc1. The maximum atomic E-state index is 12.0. The number of carbonyl (C=O) groups excluding carboxylic acids is 1. The van der Waals surface area contributed by atoms with Crippen molar-refractivity contribution in [3.8, 4) is 5.75 Å². The number of methoxy groups -OCH3 is 1. The highest BCUT2D eigenvalue weighted by atomic mass is 32.2. The molecule has 0 aliphatic heterocycles. The lowest BCUT2D eigenvalue weighted by molar-refractivity contribution is -0.121. The van der Waals surface area contributed by atoms with Crippen LogP contribution in [0.5, 0.6) is 5.75 Å². The molecule has 0 aromatic heterocycles. The minimum atomic E-state index is -3.45. The first kappa shape index (κ1) is 20.9. The van der Waals surface area contributed by atoms with Crippen LogP contribution in [0.4, 0.5) is 0 Å². The van der Waals surface area contributed by atoms with E-state index in [2.05, 4.69) is 10.0 Å². The molecule has 0 unspecified atom stereocenters. The monoisotopic (exact) mass is 390 g/mol. The van der Waals surface area contributed by atoms with Gasteiger partial charge in [0.05, 0.1) is 12.0 Å². The van der Waals surface area contributed by atoms with E-state index in [1.807, 2.05) is 31.2 Å². The van der Waals surface area contributed by atoms with Gasteiger partial charge in [0.2, 0.25) is 15.9 Å². The second-order valence-electron chi connectivity index (χ2n) is 6.17. The van der Waals surface area contributed by atoms with Crippen molar-refractivity contribution in [2.45, 2.75) is 37.6 Å². The normalized spacial score (nSPS) is 11.2. The highest BCUT2D eigenvalue weighted by Crippen LogP contribution is 2.13. The Morgan fingerprint density at radius 3 is 2.22 bits per heavy atom. The van der Waals surface area contributed by atoms with E-state index in [9.17, 15) is 13.2 Å². The minimum absolute atomic E-state index is 0.0490. The molecule has 27 heavy (non-hydrogen) atoms. The number of sulfonamides is 1. The van der Waals surface area contributed by atoms with Crippen LogP contribution in [-0.2, 0) is 27.8 Å². The maximum Gasteiger partial charge on any atom is 0.240 e. The summed E-state index contributed by atoms with van der Waals surface area (Å²) >= 11 is 0. The van der Waals surface area contributed by atoms with Crippen molar-refractivity contribution in [3.05, 3.63) is 59.7 Å². The van der Waals surface area contributed by atoms with E-state index in [1.165, 1.54) is 0 Å². The fourth-order valence-electron chi connectivity index (χ4n) is 2.45. The van der Waals surface area contributed by atoms with Gasteiger partial charge in [-0.1, -0.05) is 31.2 Å². The number of hydrogen-bond acceptors (Lipinski definition) is 4. The number of carbonyl (C=O) groups is 1. The lowest BCUT2D eigenvalue weighted by Crippen LogP contribution is -2.24. The molecule has 0 saturated heterocycles. The molecular formula is C20H26N2O4S. The van der Waals surface area contributed by atoms with Crippen LogP contribution in [0.15, 0.2) is 53.4 Å². The van der Waals surface area contributed by atoms with Crippen LogP contribution < -0.4 is 14.8 Å². The van der Waals surface area contributed by atoms with Crippen LogP contribution in [0.25, 0.3) is 0 Å². The Bertz CT molecular complexity index is 831. The third-order valence-electron chi connectivity index (χ3n) is 4.07. The largest absolute Gasteiger partial charge is 0.497 e. The quantitative estimate of drug-likeness (QED) is 0.653. The summed E-state index contributed by atoms with van der Waals surface area (Å²) in [7, 11) is -1.84. The van der Waals surface area contributed by atoms with Crippen molar-refractivity contribution in [1.82, 2.24) is 10.0 Å². The van der Waals surface area contributed by atoms with Gasteiger partial charge in [-0.2, -0.15) is 0 Å².